The Morgan fingerprint density at radius 3 is 2.76 bits per heavy atom. The molecule has 2 aromatic rings. The Balaban J connectivity index is 2.18. The molecule has 0 aliphatic heterocycles. The van der Waals surface area contributed by atoms with Crippen molar-refractivity contribution in [3.63, 3.8) is 0 Å². The zero-order valence-corrected chi connectivity index (χ0v) is 12.8. The van der Waals surface area contributed by atoms with Gasteiger partial charge >= 0.3 is 0 Å². The van der Waals surface area contributed by atoms with Crippen LogP contribution in [0.3, 0.4) is 0 Å². The van der Waals surface area contributed by atoms with Crippen molar-refractivity contribution in [1.82, 2.24) is 14.9 Å². The average Bonchev–Trinajstić information content (AvgIpc) is 2.53. The first kappa shape index (κ1) is 15.3. The van der Waals surface area contributed by atoms with Crippen LogP contribution in [0.2, 0.25) is 5.02 Å². The van der Waals surface area contributed by atoms with Gasteiger partial charge in [0.2, 0.25) is 0 Å². The summed E-state index contributed by atoms with van der Waals surface area (Å²) < 4.78 is 0. The minimum Gasteiger partial charge on any atom is -0.372 e. The molecule has 0 saturated carbocycles. The maximum Gasteiger partial charge on any atom is 0.255 e. The van der Waals surface area contributed by atoms with Gasteiger partial charge in [0, 0.05) is 26.0 Å². The van der Waals surface area contributed by atoms with E-state index in [1.807, 2.05) is 25.1 Å². The third-order valence-electron chi connectivity index (χ3n) is 3.07. The second-order valence-electron chi connectivity index (χ2n) is 4.44. The van der Waals surface area contributed by atoms with Gasteiger partial charge in [0.1, 0.15) is 5.82 Å². The largest absolute Gasteiger partial charge is 0.372 e. The number of pyridine rings is 2. The molecule has 0 fully saturated rings. The number of rotatable bonds is 5. The Morgan fingerprint density at radius 1 is 1.38 bits per heavy atom. The van der Waals surface area contributed by atoms with Gasteiger partial charge in [0.05, 0.1) is 22.8 Å². The third kappa shape index (κ3) is 3.70. The second kappa shape index (κ2) is 7.04. The Kier molecular flexibility index (Phi) is 5.11. The first-order chi connectivity index (χ1) is 10.2. The molecule has 1 N–H and O–H groups in total. The van der Waals surface area contributed by atoms with E-state index in [9.17, 15) is 4.79 Å². The third-order valence-corrected chi connectivity index (χ3v) is 3.36. The molecular formula is C15H17ClN4O. The number of carbonyl (C=O) groups is 1. The van der Waals surface area contributed by atoms with Crippen LogP contribution in [0.15, 0.2) is 36.7 Å². The van der Waals surface area contributed by atoms with Crippen molar-refractivity contribution in [2.75, 3.05) is 18.9 Å². The quantitative estimate of drug-likeness (QED) is 0.923. The van der Waals surface area contributed by atoms with E-state index in [-0.39, 0.29) is 5.91 Å². The van der Waals surface area contributed by atoms with E-state index in [2.05, 4.69) is 15.3 Å². The Labute approximate surface area is 129 Å². The van der Waals surface area contributed by atoms with E-state index < -0.39 is 0 Å². The van der Waals surface area contributed by atoms with E-state index in [0.717, 1.165) is 5.69 Å². The van der Waals surface area contributed by atoms with Crippen LogP contribution in [0.4, 0.5) is 5.82 Å². The number of hydrogen-bond donors (Lipinski definition) is 1. The van der Waals surface area contributed by atoms with Crippen LogP contribution < -0.4 is 5.32 Å². The summed E-state index contributed by atoms with van der Waals surface area (Å²) in [5.74, 6) is 0.446. The van der Waals surface area contributed by atoms with Crippen molar-refractivity contribution in [3.05, 3.63) is 52.9 Å². The summed E-state index contributed by atoms with van der Waals surface area (Å²) in [5, 5.41) is 3.29. The highest BCUT2D eigenvalue weighted by molar-refractivity contribution is 6.33. The molecule has 21 heavy (non-hydrogen) atoms. The van der Waals surface area contributed by atoms with Gasteiger partial charge in [0.25, 0.3) is 5.91 Å². The molecule has 0 radical (unpaired) electrons. The summed E-state index contributed by atoms with van der Waals surface area (Å²) in [6.07, 6.45) is 3.24. The van der Waals surface area contributed by atoms with Crippen LogP contribution in [0.5, 0.6) is 0 Å². The predicted molar refractivity (Wildman–Crippen MR) is 83.4 cm³/mol. The standard InChI is InChI=1S/C15H17ClN4O/c1-3-20(10-12-6-4-5-7-18-12)15(21)11-8-13(16)14(17-2)19-9-11/h4-9H,3,10H2,1-2H3,(H,17,19). The molecule has 5 nitrogen and oxygen atoms in total. The van der Waals surface area contributed by atoms with E-state index >= 15 is 0 Å². The van der Waals surface area contributed by atoms with Gasteiger partial charge in [-0.3, -0.25) is 9.78 Å². The number of nitrogens with zero attached hydrogens (tertiary/aromatic N) is 3. The Bertz CT molecular complexity index is 618. The van der Waals surface area contributed by atoms with Gasteiger partial charge in [-0.2, -0.15) is 0 Å². The van der Waals surface area contributed by atoms with Crippen LogP contribution in [0, 0.1) is 0 Å². The molecule has 0 aromatic carbocycles. The smallest absolute Gasteiger partial charge is 0.255 e. The van der Waals surface area contributed by atoms with Crippen molar-refractivity contribution in [2.45, 2.75) is 13.5 Å². The highest BCUT2D eigenvalue weighted by atomic mass is 35.5. The minimum atomic E-state index is -0.111. The van der Waals surface area contributed by atoms with Crippen LogP contribution >= 0.6 is 11.6 Å². The summed E-state index contributed by atoms with van der Waals surface area (Å²) >= 11 is 6.07. The lowest BCUT2D eigenvalue weighted by atomic mass is 10.2. The molecule has 0 aliphatic rings. The molecule has 0 unspecified atom stereocenters. The van der Waals surface area contributed by atoms with Crippen LogP contribution in [0.25, 0.3) is 0 Å². The molecule has 0 saturated heterocycles. The second-order valence-corrected chi connectivity index (χ2v) is 4.85. The molecule has 0 aliphatic carbocycles. The van der Waals surface area contributed by atoms with Crippen molar-refractivity contribution in [3.8, 4) is 0 Å². The zero-order valence-electron chi connectivity index (χ0n) is 12.0. The fourth-order valence-electron chi connectivity index (χ4n) is 1.94. The van der Waals surface area contributed by atoms with Crippen LogP contribution in [-0.2, 0) is 6.54 Å². The molecule has 1 amide bonds. The van der Waals surface area contributed by atoms with Gasteiger partial charge < -0.3 is 10.2 Å². The summed E-state index contributed by atoms with van der Waals surface area (Å²) in [7, 11) is 1.73. The van der Waals surface area contributed by atoms with E-state index in [4.69, 9.17) is 11.6 Å². The molecule has 0 atom stereocenters. The summed E-state index contributed by atoms with van der Waals surface area (Å²) in [5.41, 5.74) is 1.32. The molecule has 2 rings (SSSR count). The fraction of sp³-hybridized carbons (Fsp3) is 0.267. The number of amides is 1. The maximum absolute atomic E-state index is 12.5. The van der Waals surface area contributed by atoms with Crippen molar-refractivity contribution < 1.29 is 4.79 Å². The lowest BCUT2D eigenvalue weighted by Gasteiger charge is -2.20. The number of anilines is 1. The summed E-state index contributed by atoms with van der Waals surface area (Å²) in [6.45, 7) is 2.97. The van der Waals surface area contributed by atoms with Crippen molar-refractivity contribution in [1.29, 1.82) is 0 Å². The maximum atomic E-state index is 12.5. The highest BCUT2D eigenvalue weighted by Gasteiger charge is 2.16. The minimum absolute atomic E-state index is 0.111. The number of nitrogens with one attached hydrogen (secondary N) is 1. The zero-order chi connectivity index (χ0) is 15.2. The lowest BCUT2D eigenvalue weighted by molar-refractivity contribution is 0.0750. The van der Waals surface area contributed by atoms with Gasteiger partial charge in [-0.25, -0.2) is 4.98 Å². The number of carbonyl (C=O) groups excluding carboxylic acids is 1. The van der Waals surface area contributed by atoms with Crippen molar-refractivity contribution in [2.24, 2.45) is 0 Å². The molecule has 6 heteroatoms. The average molecular weight is 305 g/mol. The molecule has 0 spiro atoms. The van der Waals surface area contributed by atoms with E-state index in [0.29, 0.717) is 29.5 Å². The van der Waals surface area contributed by atoms with E-state index in [1.54, 1.807) is 24.2 Å². The normalized spacial score (nSPS) is 10.2. The summed E-state index contributed by atoms with van der Waals surface area (Å²) in [4.78, 5) is 22.6. The van der Waals surface area contributed by atoms with Crippen molar-refractivity contribution >= 4 is 23.3 Å². The lowest BCUT2D eigenvalue weighted by Crippen LogP contribution is -2.30. The molecule has 0 bridgehead atoms. The molecular weight excluding hydrogens is 288 g/mol. The van der Waals surface area contributed by atoms with Gasteiger partial charge in [-0.1, -0.05) is 17.7 Å². The number of halogens is 1. The molecule has 2 heterocycles. The SMILES string of the molecule is CCN(Cc1ccccn1)C(=O)c1cnc(NC)c(Cl)c1. The Hall–Kier alpha value is -2.14. The monoisotopic (exact) mass is 304 g/mol. The Morgan fingerprint density at radius 2 is 2.19 bits per heavy atom. The highest BCUT2D eigenvalue weighted by Crippen LogP contribution is 2.20. The number of aromatic nitrogens is 2. The molecule has 110 valence electrons. The first-order valence-electron chi connectivity index (χ1n) is 6.68. The first-order valence-corrected chi connectivity index (χ1v) is 7.06. The predicted octanol–water partition coefficient (Wildman–Crippen LogP) is 2.83. The van der Waals surface area contributed by atoms with E-state index in [1.165, 1.54) is 6.20 Å². The van der Waals surface area contributed by atoms with Crippen LogP contribution in [-0.4, -0.2) is 34.4 Å². The topological polar surface area (TPSA) is 58.1 Å². The van der Waals surface area contributed by atoms with Crippen LogP contribution in [0.1, 0.15) is 23.0 Å². The fourth-order valence-corrected chi connectivity index (χ4v) is 2.20. The van der Waals surface area contributed by atoms with Gasteiger partial charge in [-0.05, 0) is 25.1 Å². The van der Waals surface area contributed by atoms with Gasteiger partial charge in [-0.15, -0.1) is 0 Å². The molecule has 2 aromatic heterocycles. The number of hydrogen-bond acceptors (Lipinski definition) is 4. The van der Waals surface area contributed by atoms with Gasteiger partial charge in [0.15, 0.2) is 0 Å². The summed E-state index contributed by atoms with van der Waals surface area (Å²) in [6, 6.07) is 7.28.